The predicted molar refractivity (Wildman–Crippen MR) is 135 cm³/mol. The number of rotatable bonds is 4. The second kappa shape index (κ2) is 9.52. The van der Waals surface area contributed by atoms with Gasteiger partial charge in [0.05, 0.1) is 10.7 Å². The number of piperidine rings is 1. The van der Waals surface area contributed by atoms with Crippen LogP contribution in [0.15, 0.2) is 54.6 Å². The summed E-state index contributed by atoms with van der Waals surface area (Å²) in [5.74, 6) is -0.789. The number of fused-ring (bicyclic) bond motifs is 2. The van der Waals surface area contributed by atoms with E-state index in [0.717, 1.165) is 34.2 Å². The molecule has 1 saturated heterocycles. The molecule has 0 radical (unpaired) electrons. The van der Waals surface area contributed by atoms with Gasteiger partial charge in [-0.15, -0.1) is 0 Å². The van der Waals surface area contributed by atoms with E-state index in [2.05, 4.69) is 4.72 Å². The summed E-state index contributed by atoms with van der Waals surface area (Å²) in [4.78, 5) is 0. The molecule has 8 heteroatoms. The van der Waals surface area contributed by atoms with Crippen molar-refractivity contribution in [2.75, 3.05) is 17.8 Å². The molecule has 1 fully saturated rings. The summed E-state index contributed by atoms with van der Waals surface area (Å²) < 4.78 is 59.0. The van der Waals surface area contributed by atoms with E-state index in [1.165, 1.54) is 16.4 Å². The van der Waals surface area contributed by atoms with Crippen molar-refractivity contribution < 1.29 is 17.2 Å². The van der Waals surface area contributed by atoms with Gasteiger partial charge in [0.1, 0.15) is 11.6 Å². The fourth-order valence-electron chi connectivity index (χ4n) is 5.50. The Morgan fingerprint density at radius 2 is 1.57 bits per heavy atom. The second-order valence-corrected chi connectivity index (χ2v) is 11.6. The lowest BCUT2D eigenvalue weighted by Gasteiger charge is -2.37. The standard InChI is InChI=1S/C27H27ClF2N2O2S/c1-17-4-11-26(25(28)13-17)31-35(33,34)32-12-2-3-20(16-32)27-23-9-7-21(29)14-18(23)5-6-19-15-22(30)8-10-24(19)27/h4,7-11,13-15,20,27,31H,2-3,5-6,12,16H2,1H3. The first-order valence-electron chi connectivity index (χ1n) is 11.8. The Morgan fingerprint density at radius 3 is 2.17 bits per heavy atom. The average molecular weight is 517 g/mol. The van der Waals surface area contributed by atoms with Crippen LogP contribution in [-0.2, 0) is 23.1 Å². The fourth-order valence-corrected chi connectivity index (χ4v) is 7.18. The van der Waals surface area contributed by atoms with Gasteiger partial charge in [-0.1, -0.05) is 29.8 Å². The van der Waals surface area contributed by atoms with Gasteiger partial charge in [-0.25, -0.2) is 8.78 Å². The molecule has 184 valence electrons. The van der Waals surface area contributed by atoms with Crippen molar-refractivity contribution in [1.82, 2.24) is 4.31 Å². The Kier molecular flexibility index (Phi) is 6.59. The van der Waals surface area contributed by atoms with Gasteiger partial charge in [0, 0.05) is 19.0 Å². The third kappa shape index (κ3) is 4.95. The maximum atomic E-state index is 14.1. The van der Waals surface area contributed by atoms with E-state index in [1.54, 1.807) is 30.3 Å². The summed E-state index contributed by atoms with van der Waals surface area (Å²) in [6.45, 7) is 2.59. The summed E-state index contributed by atoms with van der Waals surface area (Å²) in [7, 11) is -3.84. The molecule has 5 rings (SSSR count). The SMILES string of the molecule is Cc1ccc(NS(=O)(=O)N2CCCC(C3c4ccc(F)cc4CCc4cc(F)ccc43)C2)c(Cl)c1. The van der Waals surface area contributed by atoms with Crippen LogP contribution >= 0.6 is 11.6 Å². The zero-order valence-electron chi connectivity index (χ0n) is 19.4. The summed E-state index contributed by atoms with van der Waals surface area (Å²) >= 11 is 6.27. The summed E-state index contributed by atoms with van der Waals surface area (Å²) in [5.41, 5.74) is 5.07. The molecular weight excluding hydrogens is 490 g/mol. The Bertz CT molecular complexity index is 1330. The van der Waals surface area contributed by atoms with Crippen LogP contribution in [0.3, 0.4) is 0 Å². The van der Waals surface area contributed by atoms with Crippen LogP contribution in [0.5, 0.6) is 0 Å². The Balaban J connectivity index is 1.49. The van der Waals surface area contributed by atoms with Crippen molar-refractivity contribution in [2.24, 2.45) is 5.92 Å². The van der Waals surface area contributed by atoms with Crippen LogP contribution < -0.4 is 4.72 Å². The van der Waals surface area contributed by atoms with Gasteiger partial charge >= 0.3 is 10.2 Å². The minimum Gasteiger partial charge on any atom is -0.269 e. The van der Waals surface area contributed by atoms with Crippen molar-refractivity contribution in [3.63, 3.8) is 0 Å². The third-order valence-electron chi connectivity index (χ3n) is 7.14. The minimum absolute atomic E-state index is 0.0414. The van der Waals surface area contributed by atoms with Crippen LogP contribution in [0, 0.1) is 24.5 Å². The number of hydrogen-bond acceptors (Lipinski definition) is 2. The van der Waals surface area contributed by atoms with E-state index in [-0.39, 0.29) is 23.5 Å². The molecule has 1 N–H and O–H groups in total. The highest BCUT2D eigenvalue weighted by Crippen LogP contribution is 2.43. The monoisotopic (exact) mass is 516 g/mol. The number of anilines is 1. The van der Waals surface area contributed by atoms with Crippen LogP contribution in [0.25, 0.3) is 0 Å². The predicted octanol–water partition coefficient (Wildman–Crippen LogP) is 6.23. The van der Waals surface area contributed by atoms with Crippen LogP contribution in [0.1, 0.15) is 46.6 Å². The first-order valence-corrected chi connectivity index (χ1v) is 13.6. The van der Waals surface area contributed by atoms with Gasteiger partial charge in [0.15, 0.2) is 0 Å². The van der Waals surface area contributed by atoms with Gasteiger partial charge in [0.25, 0.3) is 0 Å². The van der Waals surface area contributed by atoms with E-state index in [4.69, 9.17) is 11.6 Å². The zero-order valence-corrected chi connectivity index (χ0v) is 21.0. The molecule has 1 heterocycles. The number of nitrogens with zero attached hydrogens (tertiary/aromatic N) is 1. The van der Waals surface area contributed by atoms with Crippen molar-refractivity contribution in [1.29, 1.82) is 0 Å². The minimum atomic E-state index is -3.84. The molecule has 2 aliphatic rings. The fraction of sp³-hybridized carbons (Fsp3) is 0.333. The molecule has 0 saturated carbocycles. The molecule has 1 unspecified atom stereocenters. The Morgan fingerprint density at radius 1 is 0.943 bits per heavy atom. The maximum absolute atomic E-state index is 14.1. The molecule has 0 bridgehead atoms. The lowest BCUT2D eigenvalue weighted by Crippen LogP contribution is -2.44. The first kappa shape index (κ1) is 24.2. The highest BCUT2D eigenvalue weighted by molar-refractivity contribution is 7.90. The summed E-state index contributed by atoms with van der Waals surface area (Å²) in [6.07, 6.45) is 2.73. The molecule has 0 aromatic heterocycles. The van der Waals surface area contributed by atoms with Crippen molar-refractivity contribution in [3.8, 4) is 0 Å². The number of benzene rings is 3. The van der Waals surface area contributed by atoms with Gasteiger partial charge < -0.3 is 0 Å². The molecule has 0 amide bonds. The van der Waals surface area contributed by atoms with E-state index >= 15 is 0 Å². The molecule has 3 aromatic rings. The second-order valence-electron chi connectivity index (χ2n) is 9.51. The molecule has 0 spiro atoms. The van der Waals surface area contributed by atoms with Crippen molar-refractivity contribution in [2.45, 2.75) is 38.5 Å². The van der Waals surface area contributed by atoms with E-state index in [1.807, 2.05) is 19.1 Å². The molecule has 35 heavy (non-hydrogen) atoms. The van der Waals surface area contributed by atoms with Crippen LogP contribution in [0.4, 0.5) is 14.5 Å². The largest absolute Gasteiger partial charge is 0.301 e. The molecule has 1 aliphatic carbocycles. The summed E-state index contributed by atoms with van der Waals surface area (Å²) in [5, 5.41) is 0.345. The smallest absolute Gasteiger partial charge is 0.269 e. The maximum Gasteiger partial charge on any atom is 0.301 e. The Hall–Kier alpha value is -2.48. The van der Waals surface area contributed by atoms with Crippen LogP contribution in [-0.4, -0.2) is 25.8 Å². The van der Waals surface area contributed by atoms with E-state index in [9.17, 15) is 17.2 Å². The lowest BCUT2D eigenvalue weighted by molar-refractivity contribution is 0.249. The normalized spacial score (nSPS) is 19.0. The third-order valence-corrected chi connectivity index (χ3v) is 8.94. The first-order chi connectivity index (χ1) is 16.7. The number of hydrogen-bond donors (Lipinski definition) is 1. The van der Waals surface area contributed by atoms with Gasteiger partial charge in [-0.2, -0.15) is 12.7 Å². The van der Waals surface area contributed by atoms with E-state index < -0.39 is 10.2 Å². The number of halogens is 3. The number of aryl methyl sites for hydroxylation is 3. The lowest BCUT2D eigenvalue weighted by atomic mass is 9.75. The van der Waals surface area contributed by atoms with Crippen LogP contribution in [0.2, 0.25) is 5.02 Å². The zero-order chi connectivity index (χ0) is 24.7. The quantitative estimate of drug-likeness (QED) is 0.447. The van der Waals surface area contributed by atoms with E-state index in [0.29, 0.717) is 43.1 Å². The highest BCUT2D eigenvalue weighted by atomic mass is 35.5. The average Bonchev–Trinajstić information content (AvgIpc) is 2.97. The highest BCUT2D eigenvalue weighted by Gasteiger charge is 2.37. The molecule has 4 nitrogen and oxygen atoms in total. The Labute approximate surface area is 210 Å². The number of nitrogens with one attached hydrogen (secondary N) is 1. The van der Waals surface area contributed by atoms with Crippen molar-refractivity contribution >= 4 is 27.5 Å². The van der Waals surface area contributed by atoms with Gasteiger partial charge in [0.2, 0.25) is 0 Å². The molecule has 1 atom stereocenters. The molecule has 1 aliphatic heterocycles. The van der Waals surface area contributed by atoms with Gasteiger partial charge in [-0.05, 0) is 103 Å². The van der Waals surface area contributed by atoms with Gasteiger partial charge in [-0.3, -0.25) is 4.72 Å². The molecule has 3 aromatic carbocycles. The molecular formula is C27H27ClF2N2O2S. The topological polar surface area (TPSA) is 49.4 Å². The van der Waals surface area contributed by atoms with Crippen molar-refractivity contribution in [3.05, 3.63) is 99.1 Å². The summed E-state index contributed by atoms with van der Waals surface area (Å²) in [6, 6.07) is 14.8.